The highest BCUT2D eigenvalue weighted by Gasteiger charge is 2.11. The smallest absolute Gasteiger partial charge is 0.224 e. The molecular weight excluding hydrogens is 296 g/mol. The van der Waals surface area contributed by atoms with Crippen LogP contribution in [0.4, 0.5) is 11.8 Å². The monoisotopic (exact) mass is 316 g/mol. The van der Waals surface area contributed by atoms with E-state index in [0.29, 0.717) is 12.6 Å². The number of likely N-dealkylation sites (N-methyl/N-ethyl adjacent to an activating group) is 1. The molecule has 1 rings (SSSR count). The van der Waals surface area contributed by atoms with Gasteiger partial charge in [0.15, 0.2) is 0 Å². The maximum atomic E-state index is 5.39. The zero-order valence-corrected chi connectivity index (χ0v) is 12.8. The molecule has 1 N–H and O–H groups in total. The number of nitrogens with one attached hydrogen (secondary N) is 1. The van der Waals surface area contributed by atoms with E-state index in [-0.39, 0.29) is 0 Å². The van der Waals surface area contributed by atoms with Crippen LogP contribution in [-0.2, 0) is 4.74 Å². The van der Waals surface area contributed by atoms with Crippen LogP contribution >= 0.6 is 15.9 Å². The van der Waals surface area contributed by atoms with Gasteiger partial charge in [0.2, 0.25) is 5.95 Å². The first kappa shape index (κ1) is 15.2. The third-order valence-electron chi connectivity index (χ3n) is 2.45. The van der Waals surface area contributed by atoms with E-state index in [9.17, 15) is 0 Å². The third kappa shape index (κ3) is 4.42. The zero-order valence-electron chi connectivity index (χ0n) is 11.2. The molecule has 0 bridgehead atoms. The standard InChI is InChI=1S/C12H21BrN4O/c1-4-14-12-15-9-10(13)11(16-12)17(5-2)7-8-18-6-3/h9H,4-8H2,1-3H3,(H,14,15,16). The molecule has 0 aliphatic rings. The molecule has 5 nitrogen and oxygen atoms in total. The minimum absolute atomic E-state index is 0.658. The van der Waals surface area contributed by atoms with Crippen LogP contribution in [0.3, 0.4) is 0 Å². The Morgan fingerprint density at radius 1 is 1.39 bits per heavy atom. The zero-order chi connectivity index (χ0) is 13.4. The van der Waals surface area contributed by atoms with Gasteiger partial charge in [-0.05, 0) is 36.7 Å². The Morgan fingerprint density at radius 3 is 2.78 bits per heavy atom. The number of hydrogen-bond acceptors (Lipinski definition) is 5. The number of hydrogen-bond donors (Lipinski definition) is 1. The summed E-state index contributed by atoms with van der Waals surface area (Å²) in [6, 6.07) is 0. The van der Waals surface area contributed by atoms with E-state index in [0.717, 1.165) is 36.5 Å². The van der Waals surface area contributed by atoms with Gasteiger partial charge >= 0.3 is 0 Å². The summed E-state index contributed by atoms with van der Waals surface area (Å²) >= 11 is 3.50. The first-order valence-corrected chi connectivity index (χ1v) is 7.11. The summed E-state index contributed by atoms with van der Waals surface area (Å²) in [5.41, 5.74) is 0. The molecule has 102 valence electrons. The topological polar surface area (TPSA) is 50.3 Å². The Bertz CT molecular complexity index is 362. The number of aromatic nitrogens is 2. The summed E-state index contributed by atoms with van der Waals surface area (Å²) in [5, 5.41) is 3.12. The van der Waals surface area contributed by atoms with Gasteiger partial charge < -0.3 is 15.0 Å². The number of nitrogens with zero attached hydrogens (tertiary/aromatic N) is 3. The quantitative estimate of drug-likeness (QED) is 0.747. The van der Waals surface area contributed by atoms with Gasteiger partial charge in [-0.15, -0.1) is 0 Å². The van der Waals surface area contributed by atoms with Crippen molar-refractivity contribution in [1.82, 2.24) is 9.97 Å². The van der Waals surface area contributed by atoms with Gasteiger partial charge in [-0.1, -0.05) is 0 Å². The number of rotatable bonds is 8. The van der Waals surface area contributed by atoms with E-state index in [1.54, 1.807) is 6.20 Å². The molecule has 0 atom stereocenters. The lowest BCUT2D eigenvalue weighted by Crippen LogP contribution is -2.28. The van der Waals surface area contributed by atoms with Crippen molar-refractivity contribution < 1.29 is 4.74 Å². The SMILES string of the molecule is CCNc1ncc(Br)c(N(CC)CCOCC)n1. The molecule has 1 aromatic rings. The van der Waals surface area contributed by atoms with Gasteiger partial charge in [0, 0.05) is 32.4 Å². The maximum Gasteiger partial charge on any atom is 0.224 e. The highest BCUT2D eigenvalue weighted by Crippen LogP contribution is 2.23. The van der Waals surface area contributed by atoms with Gasteiger partial charge in [-0.3, -0.25) is 0 Å². The van der Waals surface area contributed by atoms with Gasteiger partial charge in [-0.2, -0.15) is 4.98 Å². The van der Waals surface area contributed by atoms with Gasteiger partial charge in [0.05, 0.1) is 11.1 Å². The lowest BCUT2D eigenvalue weighted by Gasteiger charge is -2.23. The molecule has 0 unspecified atom stereocenters. The molecule has 0 radical (unpaired) electrons. The first-order valence-electron chi connectivity index (χ1n) is 6.31. The minimum Gasteiger partial charge on any atom is -0.380 e. The average Bonchev–Trinajstić information content (AvgIpc) is 2.38. The molecule has 0 fully saturated rings. The summed E-state index contributed by atoms with van der Waals surface area (Å²) in [7, 11) is 0. The molecule has 1 aromatic heterocycles. The fourth-order valence-corrected chi connectivity index (χ4v) is 2.00. The van der Waals surface area contributed by atoms with Crippen molar-refractivity contribution in [3.8, 4) is 0 Å². The van der Waals surface area contributed by atoms with Gasteiger partial charge in [0.1, 0.15) is 5.82 Å². The van der Waals surface area contributed by atoms with Crippen molar-refractivity contribution in [3.63, 3.8) is 0 Å². The van der Waals surface area contributed by atoms with E-state index in [1.807, 2.05) is 13.8 Å². The predicted molar refractivity (Wildman–Crippen MR) is 78.3 cm³/mol. The summed E-state index contributed by atoms with van der Waals surface area (Å²) in [4.78, 5) is 10.9. The van der Waals surface area contributed by atoms with E-state index in [4.69, 9.17) is 4.74 Å². The first-order chi connectivity index (χ1) is 8.72. The van der Waals surface area contributed by atoms with Crippen molar-refractivity contribution in [1.29, 1.82) is 0 Å². The van der Waals surface area contributed by atoms with Crippen LogP contribution in [0, 0.1) is 0 Å². The average molecular weight is 317 g/mol. The fraction of sp³-hybridized carbons (Fsp3) is 0.667. The second-order valence-electron chi connectivity index (χ2n) is 3.67. The van der Waals surface area contributed by atoms with E-state index < -0.39 is 0 Å². The molecule has 0 saturated heterocycles. The Labute approximate surface area is 117 Å². The van der Waals surface area contributed by atoms with Crippen LogP contribution in [0.2, 0.25) is 0 Å². The Balaban J connectivity index is 2.79. The summed E-state index contributed by atoms with van der Waals surface area (Å²) in [6.45, 7) is 10.1. The van der Waals surface area contributed by atoms with Crippen molar-refractivity contribution in [2.75, 3.05) is 43.1 Å². The van der Waals surface area contributed by atoms with Crippen LogP contribution in [-0.4, -0.2) is 42.8 Å². The molecule has 0 aromatic carbocycles. The Kier molecular flexibility index (Phi) is 6.97. The summed E-state index contributed by atoms with van der Waals surface area (Å²) in [5.74, 6) is 1.56. The molecular formula is C12H21BrN4O. The highest BCUT2D eigenvalue weighted by atomic mass is 79.9. The van der Waals surface area contributed by atoms with Crippen molar-refractivity contribution in [2.24, 2.45) is 0 Å². The van der Waals surface area contributed by atoms with Crippen molar-refractivity contribution in [3.05, 3.63) is 10.7 Å². The summed E-state index contributed by atoms with van der Waals surface area (Å²) < 4.78 is 6.29. The second kappa shape index (κ2) is 8.26. The van der Waals surface area contributed by atoms with Crippen molar-refractivity contribution in [2.45, 2.75) is 20.8 Å². The minimum atomic E-state index is 0.658. The molecule has 6 heteroatoms. The lowest BCUT2D eigenvalue weighted by molar-refractivity contribution is 0.154. The van der Waals surface area contributed by atoms with Crippen LogP contribution < -0.4 is 10.2 Å². The molecule has 0 amide bonds. The summed E-state index contributed by atoms with van der Waals surface area (Å²) in [6.07, 6.45) is 1.78. The van der Waals surface area contributed by atoms with Crippen LogP contribution in [0.25, 0.3) is 0 Å². The van der Waals surface area contributed by atoms with Crippen molar-refractivity contribution >= 4 is 27.7 Å². The molecule has 18 heavy (non-hydrogen) atoms. The Morgan fingerprint density at radius 2 is 2.17 bits per heavy atom. The number of halogens is 1. The third-order valence-corrected chi connectivity index (χ3v) is 3.01. The fourth-order valence-electron chi connectivity index (χ4n) is 1.56. The normalized spacial score (nSPS) is 10.4. The van der Waals surface area contributed by atoms with Gasteiger partial charge in [-0.25, -0.2) is 4.98 Å². The van der Waals surface area contributed by atoms with E-state index in [1.165, 1.54) is 0 Å². The van der Waals surface area contributed by atoms with E-state index in [2.05, 4.69) is 43.0 Å². The number of anilines is 2. The highest BCUT2D eigenvalue weighted by molar-refractivity contribution is 9.10. The lowest BCUT2D eigenvalue weighted by atomic mass is 10.4. The molecule has 0 saturated carbocycles. The second-order valence-corrected chi connectivity index (χ2v) is 4.53. The Hall–Kier alpha value is -0.880. The van der Waals surface area contributed by atoms with Gasteiger partial charge in [0.25, 0.3) is 0 Å². The molecule has 0 aliphatic carbocycles. The maximum absolute atomic E-state index is 5.39. The molecule has 0 spiro atoms. The molecule has 1 heterocycles. The van der Waals surface area contributed by atoms with Crippen LogP contribution in [0.5, 0.6) is 0 Å². The molecule has 0 aliphatic heterocycles. The predicted octanol–water partition coefficient (Wildman–Crippen LogP) is 2.53. The largest absolute Gasteiger partial charge is 0.380 e. The van der Waals surface area contributed by atoms with Crippen LogP contribution in [0.1, 0.15) is 20.8 Å². The van der Waals surface area contributed by atoms with E-state index >= 15 is 0 Å². The van der Waals surface area contributed by atoms with Crippen LogP contribution in [0.15, 0.2) is 10.7 Å². The number of ether oxygens (including phenoxy) is 1.